The van der Waals surface area contributed by atoms with Crippen molar-refractivity contribution in [2.75, 3.05) is 0 Å². The third kappa shape index (κ3) is 2.92. The topological polar surface area (TPSA) is 40.5 Å². The van der Waals surface area contributed by atoms with Crippen molar-refractivity contribution in [2.45, 2.75) is 64.1 Å². The number of phenols is 1. The highest BCUT2D eigenvalue weighted by molar-refractivity contribution is 5.44. The smallest absolute Gasteiger partial charge is 0.115 e. The van der Waals surface area contributed by atoms with E-state index < -0.39 is 6.17 Å². The third-order valence-corrected chi connectivity index (χ3v) is 8.61. The Bertz CT molecular complexity index is 926. The molecule has 2 aromatic carbocycles. The average molecular weight is 409 g/mol. The lowest BCUT2D eigenvalue weighted by molar-refractivity contribution is -0.0363. The summed E-state index contributed by atoms with van der Waals surface area (Å²) >= 11 is 0. The van der Waals surface area contributed by atoms with Crippen molar-refractivity contribution in [3.63, 3.8) is 0 Å². The van der Waals surface area contributed by atoms with Gasteiger partial charge in [0.15, 0.2) is 0 Å². The molecule has 2 aromatic rings. The van der Waals surface area contributed by atoms with Crippen LogP contribution in [-0.2, 0) is 6.42 Å². The van der Waals surface area contributed by atoms with Crippen LogP contribution in [0.1, 0.15) is 62.1 Å². The highest BCUT2D eigenvalue weighted by Gasteiger charge is 2.62. The summed E-state index contributed by atoms with van der Waals surface area (Å²) in [6, 6.07) is 16.0. The maximum Gasteiger partial charge on any atom is 0.115 e. The lowest BCUT2D eigenvalue weighted by atomic mass is 9.49. The number of hydrogen-bond donors (Lipinski definition) is 2. The number of aromatic hydroxyl groups is 1. The van der Waals surface area contributed by atoms with E-state index in [-0.39, 0.29) is 46.9 Å². The molecule has 0 amide bonds. The molecule has 2 nitrogen and oxygen atoms in total. The van der Waals surface area contributed by atoms with Crippen molar-refractivity contribution in [1.82, 2.24) is 0 Å². The molecule has 0 radical (unpaired) electrons. The van der Waals surface area contributed by atoms with Gasteiger partial charge in [-0.2, -0.15) is 0 Å². The Morgan fingerprint density at radius 1 is 1.07 bits per heavy atom. The van der Waals surface area contributed by atoms with E-state index in [4.69, 9.17) is 0 Å². The van der Waals surface area contributed by atoms with Gasteiger partial charge in [-0.3, -0.25) is 0 Å². The van der Waals surface area contributed by atoms with Crippen molar-refractivity contribution >= 4 is 0 Å². The van der Waals surface area contributed by atoms with Crippen LogP contribution in [0.15, 0.2) is 48.5 Å². The summed E-state index contributed by atoms with van der Waals surface area (Å²) in [6.07, 6.45) is 0.747. The Kier molecular flexibility index (Phi) is 4.74. The first-order valence-corrected chi connectivity index (χ1v) is 11.5. The van der Waals surface area contributed by atoms with Gasteiger partial charge in [0, 0.05) is 5.92 Å². The third-order valence-electron chi connectivity index (χ3n) is 8.61. The van der Waals surface area contributed by atoms with Gasteiger partial charge in [-0.05, 0) is 83.1 Å². The van der Waals surface area contributed by atoms with Crippen LogP contribution in [0, 0.1) is 29.1 Å². The van der Waals surface area contributed by atoms with E-state index in [9.17, 15) is 10.2 Å². The number of phenolic OH excluding ortho intramolecular Hbond substituents is 1. The minimum atomic E-state index is -0.927. The summed E-state index contributed by atoms with van der Waals surface area (Å²) in [5.41, 5.74) is 3.23. The van der Waals surface area contributed by atoms with E-state index in [0.29, 0.717) is 18.8 Å². The SMILES string of the molecule is CC(C)[C@@H]1[C@H]2[C@H]3[C@@H](c4ccc(O)cc4C[C@H]3c3ccccc3)[C@@H](F)C[C@]2(C)C[C@H]1O. The zero-order chi connectivity index (χ0) is 21.2. The molecule has 2 saturated carbocycles. The van der Waals surface area contributed by atoms with Gasteiger partial charge in [0.2, 0.25) is 0 Å². The van der Waals surface area contributed by atoms with Crippen molar-refractivity contribution in [3.05, 3.63) is 65.2 Å². The predicted molar refractivity (Wildman–Crippen MR) is 117 cm³/mol. The van der Waals surface area contributed by atoms with Gasteiger partial charge >= 0.3 is 0 Å². The minimum absolute atomic E-state index is 0.155. The van der Waals surface area contributed by atoms with Crippen molar-refractivity contribution in [2.24, 2.45) is 29.1 Å². The molecule has 0 heterocycles. The standard InChI is InChI=1S/C27H33FO2/c1-15(2)23-22(30)14-27(3)13-21(28)24-19-10-9-18(29)11-17(19)12-20(25(24)26(23)27)16-7-5-4-6-8-16/h4-11,15,20-26,29-30H,12-14H2,1-3H3/t20-,21-,22+,23-,24-,25+,26-,27+/m0/s1. The molecule has 8 atom stereocenters. The number of aliphatic hydroxyl groups is 1. The monoisotopic (exact) mass is 408 g/mol. The van der Waals surface area contributed by atoms with E-state index in [1.54, 1.807) is 6.07 Å². The molecule has 0 aromatic heterocycles. The number of halogens is 1. The highest BCUT2D eigenvalue weighted by atomic mass is 19.1. The Morgan fingerprint density at radius 2 is 1.80 bits per heavy atom. The molecule has 3 aliphatic rings. The lowest BCUT2D eigenvalue weighted by Crippen LogP contribution is -2.50. The van der Waals surface area contributed by atoms with Gasteiger partial charge in [-0.25, -0.2) is 4.39 Å². The van der Waals surface area contributed by atoms with E-state index in [0.717, 1.165) is 17.5 Å². The number of aliphatic hydroxyl groups excluding tert-OH is 1. The molecular formula is C27H33FO2. The van der Waals surface area contributed by atoms with Crippen molar-refractivity contribution in [1.29, 1.82) is 0 Å². The summed E-state index contributed by atoms with van der Waals surface area (Å²) < 4.78 is 16.0. The zero-order valence-corrected chi connectivity index (χ0v) is 18.1. The summed E-state index contributed by atoms with van der Waals surface area (Å²) in [6.45, 7) is 6.64. The normalized spacial score (nSPS) is 40.0. The molecule has 3 heteroatoms. The molecule has 0 aliphatic heterocycles. The summed E-state index contributed by atoms with van der Waals surface area (Å²) in [7, 11) is 0. The van der Waals surface area contributed by atoms with Crippen molar-refractivity contribution in [3.8, 4) is 5.75 Å². The molecule has 2 N–H and O–H groups in total. The minimum Gasteiger partial charge on any atom is -0.508 e. The van der Waals surface area contributed by atoms with E-state index in [2.05, 4.69) is 45.0 Å². The van der Waals surface area contributed by atoms with E-state index in [1.807, 2.05) is 18.2 Å². The number of fused-ring (bicyclic) bond motifs is 5. The second-order valence-corrected chi connectivity index (χ2v) is 10.7. The summed E-state index contributed by atoms with van der Waals surface area (Å²) in [5.74, 6) is 1.27. The maximum atomic E-state index is 16.0. The van der Waals surface area contributed by atoms with Crippen LogP contribution in [0.2, 0.25) is 0 Å². The number of alkyl halides is 1. The molecule has 0 unspecified atom stereocenters. The Hall–Kier alpha value is -1.87. The highest BCUT2D eigenvalue weighted by Crippen LogP contribution is 2.67. The number of benzene rings is 2. The first-order chi connectivity index (χ1) is 14.3. The average Bonchev–Trinajstić information content (AvgIpc) is 2.97. The lowest BCUT2D eigenvalue weighted by Gasteiger charge is -2.55. The molecule has 3 aliphatic carbocycles. The molecule has 5 rings (SSSR count). The quantitative estimate of drug-likeness (QED) is 0.656. The summed E-state index contributed by atoms with van der Waals surface area (Å²) in [5, 5.41) is 21.2. The van der Waals surface area contributed by atoms with Crippen molar-refractivity contribution < 1.29 is 14.6 Å². The van der Waals surface area contributed by atoms with Crippen LogP contribution < -0.4 is 0 Å². The van der Waals surface area contributed by atoms with Crippen LogP contribution in [0.3, 0.4) is 0 Å². The van der Waals surface area contributed by atoms with Crippen LogP contribution in [0.4, 0.5) is 4.39 Å². The second kappa shape index (κ2) is 7.09. The van der Waals surface area contributed by atoms with E-state index in [1.165, 1.54) is 5.56 Å². The number of rotatable bonds is 2. The zero-order valence-electron chi connectivity index (χ0n) is 18.1. The van der Waals surface area contributed by atoms with Gasteiger partial charge in [-0.15, -0.1) is 0 Å². The fourth-order valence-electron chi connectivity index (χ4n) is 7.70. The molecule has 2 fully saturated rings. The Balaban J connectivity index is 1.71. The van der Waals surface area contributed by atoms with Crippen LogP contribution >= 0.6 is 0 Å². The van der Waals surface area contributed by atoms with Crippen LogP contribution in [0.5, 0.6) is 5.75 Å². The molecule has 160 valence electrons. The molecule has 30 heavy (non-hydrogen) atoms. The largest absolute Gasteiger partial charge is 0.508 e. The van der Waals surface area contributed by atoms with Gasteiger partial charge in [0.1, 0.15) is 11.9 Å². The van der Waals surface area contributed by atoms with Crippen LogP contribution in [-0.4, -0.2) is 22.5 Å². The molecule has 0 spiro atoms. The fourth-order valence-corrected chi connectivity index (χ4v) is 7.70. The maximum absolute atomic E-state index is 16.0. The molecule has 0 bridgehead atoms. The molecule has 0 saturated heterocycles. The van der Waals surface area contributed by atoms with E-state index >= 15 is 4.39 Å². The Morgan fingerprint density at radius 3 is 2.50 bits per heavy atom. The fraction of sp³-hybridized carbons (Fsp3) is 0.556. The van der Waals surface area contributed by atoms with Crippen LogP contribution in [0.25, 0.3) is 0 Å². The van der Waals surface area contributed by atoms with Gasteiger partial charge in [-0.1, -0.05) is 57.2 Å². The van der Waals surface area contributed by atoms with Gasteiger partial charge < -0.3 is 10.2 Å². The number of hydrogen-bond acceptors (Lipinski definition) is 2. The Labute approximate surface area is 179 Å². The van der Waals surface area contributed by atoms with Gasteiger partial charge in [0.05, 0.1) is 6.10 Å². The summed E-state index contributed by atoms with van der Waals surface area (Å²) in [4.78, 5) is 0. The van der Waals surface area contributed by atoms with Gasteiger partial charge in [0.25, 0.3) is 0 Å². The first kappa shape index (κ1) is 20.1. The first-order valence-electron chi connectivity index (χ1n) is 11.5. The second-order valence-electron chi connectivity index (χ2n) is 10.7. The predicted octanol–water partition coefficient (Wildman–Crippen LogP) is 5.83. The molecular weight excluding hydrogens is 375 g/mol.